The molecule has 0 radical (unpaired) electrons. The molecular formula is C25H24P+. The van der Waals surface area contributed by atoms with Crippen LogP contribution in [0.25, 0.3) is 0 Å². The first-order chi connectivity index (χ1) is 12.9. The minimum absolute atomic E-state index is 1.11. The molecule has 128 valence electrons. The Balaban J connectivity index is 1.87. The molecule has 0 spiro atoms. The van der Waals surface area contributed by atoms with Crippen LogP contribution in [0.2, 0.25) is 0 Å². The lowest BCUT2D eigenvalue weighted by molar-refractivity contribution is 1.06. The van der Waals surface area contributed by atoms with Crippen molar-refractivity contribution in [1.82, 2.24) is 0 Å². The van der Waals surface area contributed by atoms with Crippen LogP contribution < -0.4 is 15.9 Å². The number of hydrogen-bond acceptors (Lipinski definition) is 0. The van der Waals surface area contributed by atoms with E-state index < -0.39 is 7.26 Å². The lowest BCUT2D eigenvalue weighted by Gasteiger charge is -2.28. The van der Waals surface area contributed by atoms with Crippen LogP contribution in [0.3, 0.4) is 0 Å². The summed E-state index contributed by atoms with van der Waals surface area (Å²) < 4.78 is 0. The second kappa shape index (κ2) is 7.85. The van der Waals surface area contributed by atoms with E-state index in [1.807, 2.05) is 0 Å². The Morgan fingerprint density at radius 3 is 1.46 bits per heavy atom. The fraction of sp³-hybridized carbons (Fsp3) is 0.120. The molecule has 0 atom stereocenters. The van der Waals surface area contributed by atoms with Gasteiger partial charge in [-0.15, -0.1) is 0 Å². The molecule has 3 aromatic rings. The largest absolute Gasteiger partial charge is 0.112 e. The molecule has 1 heteroatoms. The van der Waals surface area contributed by atoms with Crippen molar-refractivity contribution in [3.05, 3.63) is 115 Å². The third kappa shape index (κ3) is 3.30. The molecule has 0 nitrogen and oxygen atoms in total. The molecule has 1 aliphatic rings. The predicted molar refractivity (Wildman–Crippen MR) is 116 cm³/mol. The highest BCUT2D eigenvalue weighted by Crippen LogP contribution is 2.56. The fourth-order valence-corrected chi connectivity index (χ4v) is 8.21. The van der Waals surface area contributed by atoms with Gasteiger partial charge in [-0.1, -0.05) is 78.4 Å². The summed E-state index contributed by atoms with van der Waals surface area (Å²) in [5.74, 6) is 0. The van der Waals surface area contributed by atoms with Crippen molar-refractivity contribution >= 4 is 23.2 Å². The zero-order valence-corrected chi connectivity index (χ0v) is 15.9. The first-order valence-corrected chi connectivity index (χ1v) is 11.3. The minimum Gasteiger partial charge on any atom is -0.0805 e. The quantitative estimate of drug-likeness (QED) is 0.529. The number of rotatable bonds is 6. The van der Waals surface area contributed by atoms with Gasteiger partial charge in [0.15, 0.2) is 0 Å². The zero-order chi connectivity index (χ0) is 17.7. The van der Waals surface area contributed by atoms with Gasteiger partial charge in [-0.05, 0) is 42.8 Å². The highest BCUT2D eigenvalue weighted by Gasteiger charge is 2.44. The minimum atomic E-state index is -1.67. The van der Waals surface area contributed by atoms with Crippen molar-refractivity contribution in [3.8, 4) is 0 Å². The van der Waals surface area contributed by atoms with Crippen molar-refractivity contribution in [2.45, 2.75) is 12.8 Å². The van der Waals surface area contributed by atoms with E-state index in [0.29, 0.717) is 0 Å². The third-order valence-corrected chi connectivity index (χ3v) is 9.64. The smallest absolute Gasteiger partial charge is 0.0805 e. The molecule has 3 aromatic carbocycles. The SMILES string of the molecule is C1=CCC(CC[P+](c2ccccc2)(c2ccccc2)c2ccccc2)=C1. The molecule has 0 aromatic heterocycles. The van der Waals surface area contributed by atoms with Crippen LogP contribution in [0.1, 0.15) is 12.8 Å². The maximum Gasteiger partial charge on any atom is 0.112 e. The molecule has 0 amide bonds. The predicted octanol–water partition coefficient (Wildman–Crippen LogP) is 5.26. The molecule has 1 aliphatic carbocycles. The Labute approximate surface area is 157 Å². The van der Waals surface area contributed by atoms with Gasteiger partial charge in [-0.25, -0.2) is 0 Å². The van der Waals surface area contributed by atoms with Gasteiger partial charge in [0.05, 0.1) is 6.16 Å². The Hall–Kier alpha value is -2.43. The average molecular weight is 355 g/mol. The van der Waals surface area contributed by atoms with Gasteiger partial charge < -0.3 is 0 Å². The van der Waals surface area contributed by atoms with Crippen LogP contribution >= 0.6 is 7.26 Å². The number of allylic oxidation sites excluding steroid dienone is 4. The second-order valence-electron chi connectivity index (χ2n) is 6.75. The Morgan fingerprint density at radius 1 is 0.615 bits per heavy atom. The lowest BCUT2D eigenvalue weighted by Crippen LogP contribution is -2.33. The molecule has 0 fully saturated rings. The van der Waals surface area contributed by atoms with Gasteiger partial charge in [0.1, 0.15) is 23.2 Å². The van der Waals surface area contributed by atoms with Crippen LogP contribution in [0.5, 0.6) is 0 Å². The van der Waals surface area contributed by atoms with Gasteiger partial charge in [0.2, 0.25) is 0 Å². The summed E-state index contributed by atoms with van der Waals surface area (Å²) in [7, 11) is -1.67. The lowest BCUT2D eigenvalue weighted by atomic mass is 10.2. The van der Waals surface area contributed by atoms with E-state index in [0.717, 1.165) is 12.8 Å². The van der Waals surface area contributed by atoms with Crippen LogP contribution in [0.15, 0.2) is 115 Å². The summed E-state index contributed by atoms with van der Waals surface area (Å²) in [6.07, 6.45) is 10.2. The molecule has 26 heavy (non-hydrogen) atoms. The fourth-order valence-electron chi connectivity index (χ4n) is 3.87. The molecule has 0 aliphatic heterocycles. The monoisotopic (exact) mass is 355 g/mol. The normalized spacial score (nSPS) is 13.6. The summed E-state index contributed by atoms with van der Waals surface area (Å²) in [6.45, 7) is 0. The Morgan fingerprint density at radius 2 is 1.08 bits per heavy atom. The highest BCUT2D eigenvalue weighted by atomic mass is 31.2. The average Bonchev–Trinajstić information content (AvgIpc) is 3.25. The zero-order valence-electron chi connectivity index (χ0n) is 15.0. The van der Waals surface area contributed by atoms with E-state index in [1.165, 1.54) is 22.1 Å². The Bertz CT molecular complexity index is 796. The van der Waals surface area contributed by atoms with E-state index in [4.69, 9.17) is 0 Å². The maximum atomic E-state index is 2.33. The van der Waals surface area contributed by atoms with Crippen molar-refractivity contribution in [2.24, 2.45) is 0 Å². The number of benzene rings is 3. The molecule has 0 saturated carbocycles. The third-order valence-electron chi connectivity index (χ3n) is 5.21. The van der Waals surface area contributed by atoms with Gasteiger partial charge in [0.25, 0.3) is 0 Å². The standard InChI is InChI=1S/C25H24P/c1-4-14-23(15-5-1)26(24-16-6-2-7-17-24,25-18-8-3-9-19-25)21-20-22-12-10-11-13-22/h1-12,14-19H,13,20-21H2/q+1. The van der Waals surface area contributed by atoms with E-state index in [-0.39, 0.29) is 0 Å². The van der Waals surface area contributed by atoms with E-state index in [9.17, 15) is 0 Å². The first-order valence-electron chi connectivity index (χ1n) is 9.29. The Kier molecular flexibility index (Phi) is 5.14. The van der Waals surface area contributed by atoms with E-state index in [1.54, 1.807) is 5.57 Å². The first kappa shape index (κ1) is 17.0. The van der Waals surface area contributed by atoms with Crippen LogP contribution in [0.4, 0.5) is 0 Å². The molecule has 0 heterocycles. The van der Waals surface area contributed by atoms with Gasteiger partial charge >= 0.3 is 0 Å². The second-order valence-corrected chi connectivity index (χ2v) is 10.4. The van der Waals surface area contributed by atoms with Crippen molar-refractivity contribution in [2.75, 3.05) is 6.16 Å². The summed E-state index contributed by atoms with van der Waals surface area (Å²) >= 11 is 0. The highest BCUT2D eigenvalue weighted by molar-refractivity contribution is 7.95. The molecular weight excluding hydrogens is 331 g/mol. The van der Waals surface area contributed by atoms with Crippen LogP contribution in [0, 0.1) is 0 Å². The molecule has 0 N–H and O–H groups in total. The van der Waals surface area contributed by atoms with Crippen molar-refractivity contribution < 1.29 is 0 Å². The molecule has 4 rings (SSSR count). The van der Waals surface area contributed by atoms with Crippen molar-refractivity contribution in [1.29, 1.82) is 0 Å². The van der Waals surface area contributed by atoms with E-state index >= 15 is 0 Å². The van der Waals surface area contributed by atoms with E-state index in [2.05, 4.69) is 109 Å². The summed E-state index contributed by atoms with van der Waals surface area (Å²) in [6, 6.07) is 33.5. The summed E-state index contributed by atoms with van der Waals surface area (Å²) in [4.78, 5) is 0. The van der Waals surface area contributed by atoms with Crippen molar-refractivity contribution in [3.63, 3.8) is 0 Å². The van der Waals surface area contributed by atoms with Gasteiger partial charge in [-0.3, -0.25) is 0 Å². The summed E-state index contributed by atoms with van der Waals surface area (Å²) in [5.41, 5.74) is 1.55. The number of hydrogen-bond donors (Lipinski definition) is 0. The van der Waals surface area contributed by atoms with Gasteiger partial charge in [0, 0.05) is 6.42 Å². The molecule has 0 unspecified atom stereocenters. The molecule has 0 saturated heterocycles. The molecule has 0 bridgehead atoms. The van der Waals surface area contributed by atoms with Crippen LogP contribution in [-0.4, -0.2) is 6.16 Å². The maximum absolute atomic E-state index is 2.33. The summed E-state index contributed by atoms with van der Waals surface area (Å²) in [5, 5.41) is 4.43. The van der Waals surface area contributed by atoms with Gasteiger partial charge in [-0.2, -0.15) is 0 Å². The van der Waals surface area contributed by atoms with Crippen LogP contribution in [-0.2, 0) is 0 Å². The topological polar surface area (TPSA) is 0 Å².